The number of aromatic nitrogens is 2. The van der Waals surface area contributed by atoms with E-state index < -0.39 is 0 Å². The van der Waals surface area contributed by atoms with Gasteiger partial charge in [0.05, 0.1) is 16.9 Å². The highest BCUT2D eigenvalue weighted by Crippen LogP contribution is 2.18. The minimum Gasteiger partial charge on any atom is -0.328 e. The molecule has 0 aliphatic carbocycles. The van der Waals surface area contributed by atoms with Gasteiger partial charge < -0.3 is 5.73 Å². The maximum absolute atomic E-state index is 5.88. The summed E-state index contributed by atoms with van der Waals surface area (Å²) in [6.07, 6.45) is 4.31. The van der Waals surface area contributed by atoms with Crippen LogP contribution in [0.4, 0.5) is 0 Å². The number of nitrogens with two attached hydrogens (primary N) is 1. The van der Waals surface area contributed by atoms with E-state index in [2.05, 4.69) is 30.2 Å². The molecule has 1 aromatic heterocycles. The molecule has 2 aromatic rings. The second-order valence-electron chi connectivity index (χ2n) is 4.41. The molecule has 3 nitrogen and oxygen atoms in total. The number of aryl methyl sites for hydroxylation is 1. The lowest BCUT2D eigenvalue weighted by Gasteiger charge is -2.10. The molecule has 0 aliphatic rings. The van der Waals surface area contributed by atoms with E-state index in [9.17, 15) is 0 Å². The molecule has 1 heterocycles. The van der Waals surface area contributed by atoms with Gasteiger partial charge in [0.25, 0.3) is 0 Å². The molecular weight excluding hydrogens is 234 g/mol. The van der Waals surface area contributed by atoms with E-state index in [0.29, 0.717) is 5.02 Å². The molecule has 0 fully saturated rings. The van der Waals surface area contributed by atoms with Gasteiger partial charge in [0.1, 0.15) is 0 Å². The molecule has 2 rings (SSSR count). The molecule has 4 heteroatoms. The van der Waals surface area contributed by atoms with Gasteiger partial charge >= 0.3 is 0 Å². The van der Waals surface area contributed by atoms with Crippen LogP contribution in [0.3, 0.4) is 0 Å². The zero-order valence-corrected chi connectivity index (χ0v) is 10.8. The molecule has 2 N–H and O–H groups in total. The first-order valence-corrected chi connectivity index (χ1v) is 5.99. The highest BCUT2D eigenvalue weighted by atomic mass is 35.5. The summed E-state index contributed by atoms with van der Waals surface area (Å²) < 4.78 is 1.79. The van der Waals surface area contributed by atoms with Gasteiger partial charge in [-0.15, -0.1) is 0 Å². The highest BCUT2D eigenvalue weighted by Gasteiger charge is 2.06. The van der Waals surface area contributed by atoms with E-state index in [1.165, 1.54) is 5.56 Å². The van der Waals surface area contributed by atoms with Crippen LogP contribution in [0.1, 0.15) is 18.1 Å². The van der Waals surface area contributed by atoms with Crippen molar-refractivity contribution in [3.8, 4) is 5.69 Å². The van der Waals surface area contributed by atoms with Crippen LogP contribution in [0, 0.1) is 6.92 Å². The van der Waals surface area contributed by atoms with E-state index >= 15 is 0 Å². The Bertz CT molecular complexity index is 517. The average molecular weight is 250 g/mol. The van der Waals surface area contributed by atoms with E-state index in [4.69, 9.17) is 17.3 Å². The van der Waals surface area contributed by atoms with Gasteiger partial charge in [-0.05, 0) is 37.5 Å². The van der Waals surface area contributed by atoms with Crippen LogP contribution in [0.25, 0.3) is 5.69 Å². The third kappa shape index (κ3) is 2.87. The van der Waals surface area contributed by atoms with E-state index in [1.807, 2.05) is 6.92 Å². The van der Waals surface area contributed by atoms with Crippen molar-refractivity contribution in [2.45, 2.75) is 26.3 Å². The highest BCUT2D eigenvalue weighted by molar-refractivity contribution is 6.30. The Morgan fingerprint density at radius 2 is 2.24 bits per heavy atom. The monoisotopic (exact) mass is 249 g/mol. The van der Waals surface area contributed by atoms with Crippen molar-refractivity contribution in [2.24, 2.45) is 5.73 Å². The zero-order valence-electron chi connectivity index (χ0n) is 10.0. The molecule has 1 aromatic carbocycles. The Labute approximate surface area is 106 Å². The SMILES string of the molecule is Cc1ccc(CC(C)N)cc1-n1cc(Cl)cn1. The third-order valence-corrected chi connectivity index (χ3v) is 2.82. The fraction of sp³-hybridized carbons (Fsp3) is 0.308. The molecular formula is C13H16ClN3. The summed E-state index contributed by atoms with van der Waals surface area (Å²) in [5.74, 6) is 0. The predicted molar refractivity (Wildman–Crippen MR) is 70.7 cm³/mol. The number of nitrogens with zero attached hydrogens (tertiary/aromatic N) is 2. The third-order valence-electron chi connectivity index (χ3n) is 2.63. The zero-order chi connectivity index (χ0) is 12.4. The molecule has 0 amide bonds. The Morgan fingerprint density at radius 3 is 2.82 bits per heavy atom. The summed E-state index contributed by atoms with van der Waals surface area (Å²) in [7, 11) is 0. The topological polar surface area (TPSA) is 43.8 Å². The summed E-state index contributed by atoms with van der Waals surface area (Å²) in [5.41, 5.74) is 9.24. The van der Waals surface area contributed by atoms with Crippen LogP contribution < -0.4 is 5.73 Å². The summed E-state index contributed by atoms with van der Waals surface area (Å²) in [6.45, 7) is 4.06. The first-order valence-electron chi connectivity index (χ1n) is 5.62. The number of rotatable bonds is 3. The van der Waals surface area contributed by atoms with Crippen LogP contribution >= 0.6 is 11.6 Å². The lowest BCUT2D eigenvalue weighted by atomic mass is 10.0. The molecule has 1 unspecified atom stereocenters. The van der Waals surface area contributed by atoms with Crippen LogP contribution in [0.2, 0.25) is 5.02 Å². The van der Waals surface area contributed by atoms with Crippen molar-refractivity contribution < 1.29 is 0 Å². The minimum absolute atomic E-state index is 0.159. The molecule has 1 atom stereocenters. The number of benzene rings is 1. The standard InChI is InChI=1S/C13H16ClN3/c1-9-3-4-11(5-10(2)15)6-13(9)17-8-12(14)7-16-17/h3-4,6-8,10H,5,15H2,1-2H3. The number of hydrogen-bond donors (Lipinski definition) is 1. The summed E-state index contributed by atoms with van der Waals surface area (Å²) in [5, 5.41) is 4.86. The Morgan fingerprint density at radius 1 is 1.47 bits per heavy atom. The molecule has 0 saturated carbocycles. The van der Waals surface area contributed by atoms with Crippen molar-refractivity contribution in [3.63, 3.8) is 0 Å². The van der Waals surface area contributed by atoms with Crippen LogP contribution in [0.5, 0.6) is 0 Å². The maximum Gasteiger partial charge on any atom is 0.0790 e. The lowest BCUT2D eigenvalue weighted by molar-refractivity contribution is 0.736. The fourth-order valence-corrected chi connectivity index (χ4v) is 1.97. The van der Waals surface area contributed by atoms with E-state index in [0.717, 1.165) is 17.7 Å². The molecule has 17 heavy (non-hydrogen) atoms. The Kier molecular flexibility index (Phi) is 3.50. The number of hydrogen-bond acceptors (Lipinski definition) is 2. The first-order chi connectivity index (χ1) is 8.06. The van der Waals surface area contributed by atoms with Crippen molar-refractivity contribution in [3.05, 3.63) is 46.7 Å². The minimum atomic E-state index is 0.159. The van der Waals surface area contributed by atoms with Gasteiger partial charge in [-0.2, -0.15) is 5.10 Å². The average Bonchev–Trinajstić information content (AvgIpc) is 2.67. The van der Waals surface area contributed by atoms with Crippen molar-refractivity contribution in [2.75, 3.05) is 0 Å². The quantitative estimate of drug-likeness (QED) is 0.909. The van der Waals surface area contributed by atoms with Crippen LogP contribution in [-0.4, -0.2) is 15.8 Å². The molecule has 0 radical (unpaired) electrons. The van der Waals surface area contributed by atoms with Gasteiger partial charge in [-0.3, -0.25) is 0 Å². The van der Waals surface area contributed by atoms with Crippen molar-refractivity contribution in [1.29, 1.82) is 0 Å². The van der Waals surface area contributed by atoms with Gasteiger partial charge in [-0.25, -0.2) is 4.68 Å². The van der Waals surface area contributed by atoms with Gasteiger partial charge in [0.2, 0.25) is 0 Å². The van der Waals surface area contributed by atoms with Gasteiger partial charge in [0.15, 0.2) is 0 Å². The van der Waals surface area contributed by atoms with Crippen molar-refractivity contribution >= 4 is 11.6 Å². The summed E-state index contributed by atoms with van der Waals surface area (Å²) in [4.78, 5) is 0. The Balaban J connectivity index is 2.39. The van der Waals surface area contributed by atoms with Crippen LogP contribution in [-0.2, 0) is 6.42 Å². The summed E-state index contributed by atoms with van der Waals surface area (Å²) >= 11 is 5.88. The van der Waals surface area contributed by atoms with Crippen molar-refractivity contribution in [1.82, 2.24) is 9.78 Å². The molecule has 0 spiro atoms. The molecule has 0 saturated heterocycles. The smallest absolute Gasteiger partial charge is 0.0790 e. The largest absolute Gasteiger partial charge is 0.328 e. The molecule has 90 valence electrons. The maximum atomic E-state index is 5.88. The second-order valence-corrected chi connectivity index (χ2v) is 4.84. The van der Waals surface area contributed by atoms with Crippen LogP contribution in [0.15, 0.2) is 30.6 Å². The molecule has 0 aliphatic heterocycles. The van der Waals surface area contributed by atoms with Gasteiger partial charge in [-0.1, -0.05) is 23.7 Å². The van der Waals surface area contributed by atoms with E-state index in [-0.39, 0.29) is 6.04 Å². The van der Waals surface area contributed by atoms with Gasteiger partial charge in [0, 0.05) is 12.2 Å². The normalized spacial score (nSPS) is 12.7. The predicted octanol–water partition coefficient (Wildman–Crippen LogP) is 2.72. The second kappa shape index (κ2) is 4.90. The molecule has 0 bridgehead atoms. The number of halogens is 1. The summed E-state index contributed by atoms with van der Waals surface area (Å²) in [6, 6.07) is 6.46. The first kappa shape index (κ1) is 12.1. The fourth-order valence-electron chi connectivity index (χ4n) is 1.83. The lowest BCUT2D eigenvalue weighted by Crippen LogP contribution is -2.18. The van der Waals surface area contributed by atoms with E-state index in [1.54, 1.807) is 17.1 Å². The Hall–Kier alpha value is -1.32.